The molecule has 4 rings (SSSR count). The van der Waals surface area contributed by atoms with Crippen molar-refractivity contribution in [2.75, 3.05) is 6.61 Å². The lowest BCUT2D eigenvalue weighted by atomic mass is 9.94. The zero-order chi connectivity index (χ0) is 24.8. The van der Waals surface area contributed by atoms with Gasteiger partial charge in [0.25, 0.3) is 0 Å². The van der Waals surface area contributed by atoms with Gasteiger partial charge in [0.15, 0.2) is 0 Å². The minimum atomic E-state index is -0.860. The van der Waals surface area contributed by atoms with E-state index >= 15 is 0 Å². The highest BCUT2D eigenvalue weighted by Crippen LogP contribution is 2.44. The Morgan fingerprint density at radius 3 is 2.23 bits per heavy atom. The molecule has 0 heterocycles. The SMILES string of the molecule is CC[C@H](CC(=O)N[C@H]1CCCCC[C@H]1C(=O)O)NC(=O)OCC1c2ccccc2-c2ccccc21. The van der Waals surface area contributed by atoms with Crippen LogP contribution in [-0.4, -0.2) is 41.8 Å². The first-order valence-corrected chi connectivity index (χ1v) is 12.6. The summed E-state index contributed by atoms with van der Waals surface area (Å²) in [4.78, 5) is 36.9. The molecule has 7 nitrogen and oxygen atoms in total. The van der Waals surface area contributed by atoms with Crippen LogP contribution in [-0.2, 0) is 14.3 Å². The summed E-state index contributed by atoms with van der Waals surface area (Å²) in [7, 11) is 0. The molecule has 0 radical (unpaired) electrons. The molecule has 3 N–H and O–H groups in total. The van der Waals surface area contributed by atoms with E-state index in [1.165, 1.54) is 11.1 Å². The molecule has 2 aliphatic rings. The smallest absolute Gasteiger partial charge is 0.407 e. The van der Waals surface area contributed by atoms with Gasteiger partial charge in [-0.25, -0.2) is 4.79 Å². The van der Waals surface area contributed by atoms with Gasteiger partial charge in [-0.1, -0.05) is 74.7 Å². The Kier molecular flexibility index (Phi) is 8.06. The van der Waals surface area contributed by atoms with Crippen molar-refractivity contribution < 1.29 is 24.2 Å². The van der Waals surface area contributed by atoms with Gasteiger partial charge in [0.1, 0.15) is 6.61 Å². The zero-order valence-corrected chi connectivity index (χ0v) is 20.2. The molecule has 7 heteroatoms. The molecule has 0 spiro atoms. The van der Waals surface area contributed by atoms with Crippen LogP contribution in [0, 0.1) is 5.92 Å². The van der Waals surface area contributed by atoms with Crippen LogP contribution in [0.15, 0.2) is 48.5 Å². The Balaban J connectivity index is 1.31. The highest BCUT2D eigenvalue weighted by molar-refractivity contribution is 5.80. The van der Waals surface area contributed by atoms with Gasteiger partial charge in [0.05, 0.1) is 5.92 Å². The van der Waals surface area contributed by atoms with Crippen LogP contribution in [0.4, 0.5) is 4.79 Å². The van der Waals surface area contributed by atoms with E-state index in [0.29, 0.717) is 19.3 Å². The van der Waals surface area contributed by atoms with Gasteiger partial charge in [-0.15, -0.1) is 0 Å². The third-order valence-corrected chi connectivity index (χ3v) is 7.27. The molecule has 0 saturated heterocycles. The van der Waals surface area contributed by atoms with Crippen molar-refractivity contribution in [2.45, 2.75) is 69.9 Å². The Labute approximate surface area is 206 Å². The first-order valence-electron chi connectivity index (χ1n) is 12.6. The van der Waals surface area contributed by atoms with Crippen molar-refractivity contribution in [1.29, 1.82) is 0 Å². The van der Waals surface area contributed by atoms with Crippen LogP contribution in [0.25, 0.3) is 11.1 Å². The quantitative estimate of drug-likeness (QED) is 0.471. The van der Waals surface area contributed by atoms with E-state index in [2.05, 4.69) is 34.9 Å². The summed E-state index contributed by atoms with van der Waals surface area (Å²) in [6.07, 6.45) is 4.10. The number of benzene rings is 2. The van der Waals surface area contributed by atoms with Crippen molar-refractivity contribution in [3.8, 4) is 11.1 Å². The number of carboxylic acids is 1. The largest absolute Gasteiger partial charge is 0.481 e. The first kappa shape index (κ1) is 24.8. The average Bonchev–Trinajstić information content (AvgIpc) is 2.98. The van der Waals surface area contributed by atoms with Crippen LogP contribution in [0.1, 0.15) is 68.9 Å². The van der Waals surface area contributed by atoms with Crippen LogP contribution >= 0.6 is 0 Å². The van der Waals surface area contributed by atoms with Crippen LogP contribution in [0.2, 0.25) is 0 Å². The number of alkyl carbamates (subject to hydrolysis) is 1. The molecule has 0 unspecified atom stereocenters. The highest BCUT2D eigenvalue weighted by Gasteiger charge is 2.32. The molecule has 1 saturated carbocycles. The van der Waals surface area contributed by atoms with E-state index in [9.17, 15) is 19.5 Å². The molecule has 2 aliphatic carbocycles. The number of amides is 2. The second-order valence-electron chi connectivity index (χ2n) is 9.54. The summed E-state index contributed by atoms with van der Waals surface area (Å²) in [6.45, 7) is 2.11. The fourth-order valence-corrected chi connectivity index (χ4v) is 5.37. The van der Waals surface area contributed by atoms with Gasteiger partial charge in [0, 0.05) is 24.4 Å². The topological polar surface area (TPSA) is 105 Å². The predicted octanol–water partition coefficient (Wildman–Crippen LogP) is 4.84. The Hall–Kier alpha value is -3.35. The van der Waals surface area contributed by atoms with E-state index in [4.69, 9.17) is 4.74 Å². The fourth-order valence-electron chi connectivity index (χ4n) is 5.37. The van der Waals surface area contributed by atoms with Gasteiger partial charge >= 0.3 is 12.1 Å². The summed E-state index contributed by atoms with van der Waals surface area (Å²) >= 11 is 0. The van der Waals surface area contributed by atoms with Crippen LogP contribution < -0.4 is 10.6 Å². The van der Waals surface area contributed by atoms with Crippen molar-refractivity contribution >= 4 is 18.0 Å². The molecule has 2 aromatic carbocycles. The number of rotatable bonds is 8. The highest BCUT2D eigenvalue weighted by atomic mass is 16.5. The number of ether oxygens (including phenoxy) is 1. The summed E-state index contributed by atoms with van der Waals surface area (Å²) < 4.78 is 5.61. The van der Waals surface area contributed by atoms with E-state index < -0.39 is 18.0 Å². The monoisotopic (exact) mass is 478 g/mol. The van der Waals surface area contributed by atoms with Crippen LogP contribution in [0.5, 0.6) is 0 Å². The maximum absolute atomic E-state index is 12.7. The van der Waals surface area contributed by atoms with E-state index in [0.717, 1.165) is 30.4 Å². The number of hydrogen-bond donors (Lipinski definition) is 3. The lowest BCUT2D eigenvalue weighted by molar-refractivity contribution is -0.143. The predicted molar refractivity (Wildman–Crippen MR) is 133 cm³/mol. The van der Waals surface area contributed by atoms with Crippen molar-refractivity contribution in [1.82, 2.24) is 10.6 Å². The number of hydrogen-bond acceptors (Lipinski definition) is 4. The van der Waals surface area contributed by atoms with Crippen LogP contribution in [0.3, 0.4) is 0 Å². The number of aliphatic carboxylic acids is 1. The number of fused-ring (bicyclic) bond motifs is 3. The molecule has 0 aliphatic heterocycles. The third-order valence-electron chi connectivity index (χ3n) is 7.27. The van der Waals surface area contributed by atoms with Gasteiger partial charge in [-0.05, 0) is 41.5 Å². The molecule has 186 valence electrons. The molecule has 1 fully saturated rings. The fraction of sp³-hybridized carbons (Fsp3) is 0.464. The summed E-state index contributed by atoms with van der Waals surface area (Å²) in [6, 6.07) is 15.6. The van der Waals surface area contributed by atoms with Gasteiger partial charge in [-0.2, -0.15) is 0 Å². The molecular weight excluding hydrogens is 444 g/mol. The van der Waals surface area contributed by atoms with Gasteiger partial charge < -0.3 is 20.5 Å². The zero-order valence-electron chi connectivity index (χ0n) is 20.2. The third kappa shape index (κ3) is 5.84. The Morgan fingerprint density at radius 1 is 0.971 bits per heavy atom. The van der Waals surface area contributed by atoms with E-state index in [1.54, 1.807) is 0 Å². The second-order valence-corrected chi connectivity index (χ2v) is 9.54. The molecule has 0 bridgehead atoms. The summed E-state index contributed by atoms with van der Waals surface area (Å²) in [5.41, 5.74) is 4.62. The summed E-state index contributed by atoms with van der Waals surface area (Å²) in [5, 5.41) is 15.3. The molecule has 2 aromatic rings. The Bertz CT molecular complexity index is 1020. The molecular formula is C28H34N2O5. The number of nitrogens with one attached hydrogen (secondary N) is 2. The first-order chi connectivity index (χ1) is 17.0. The van der Waals surface area contributed by atoms with Crippen molar-refractivity contribution in [2.24, 2.45) is 5.92 Å². The number of carbonyl (C=O) groups excluding carboxylic acids is 2. The van der Waals surface area contributed by atoms with E-state index in [-0.39, 0.29) is 36.9 Å². The molecule has 2 amide bonds. The lowest BCUT2D eigenvalue weighted by Gasteiger charge is -2.24. The standard InChI is InChI=1S/C28H34N2O5/c1-2-18(16-26(31)30-25-15-5-3-4-14-23(25)27(32)33)29-28(34)35-17-24-21-12-8-6-10-19(21)20-11-7-9-13-22(20)24/h6-13,18,23-25H,2-5,14-17H2,1H3,(H,29,34)(H,30,31)(H,32,33)/t18-,23-,25+/m1/s1. The number of carboxylic acid groups (broad SMARTS) is 1. The Morgan fingerprint density at radius 2 is 1.60 bits per heavy atom. The average molecular weight is 479 g/mol. The maximum Gasteiger partial charge on any atom is 0.407 e. The minimum Gasteiger partial charge on any atom is -0.481 e. The second kappa shape index (κ2) is 11.4. The van der Waals surface area contributed by atoms with E-state index in [1.807, 2.05) is 31.2 Å². The van der Waals surface area contributed by atoms with Crippen molar-refractivity contribution in [3.05, 3.63) is 59.7 Å². The van der Waals surface area contributed by atoms with Crippen molar-refractivity contribution in [3.63, 3.8) is 0 Å². The normalized spacial score (nSPS) is 20.1. The number of carbonyl (C=O) groups is 3. The minimum absolute atomic E-state index is 0.0280. The van der Waals surface area contributed by atoms with Gasteiger partial charge in [0.2, 0.25) is 5.91 Å². The molecule has 3 atom stereocenters. The maximum atomic E-state index is 12.7. The lowest BCUT2D eigenvalue weighted by Crippen LogP contribution is -2.45. The van der Waals surface area contributed by atoms with Gasteiger partial charge in [-0.3, -0.25) is 9.59 Å². The molecule has 35 heavy (non-hydrogen) atoms. The summed E-state index contributed by atoms with van der Waals surface area (Å²) in [5.74, 6) is -1.69. The molecule has 0 aromatic heterocycles.